The summed E-state index contributed by atoms with van der Waals surface area (Å²) >= 11 is 4.36. The Kier molecular flexibility index (Phi) is 14.7. The predicted molar refractivity (Wildman–Crippen MR) is 154 cm³/mol. The zero-order chi connectivity index (χ0) is 28.0. The summed E-state index contributed by atoms with van der Waals surface area (Å²) < 4.78 is 5.38. The van der Waals surface area contributed by atoms with E-state index in [1.165, 1.54) is 0 Å². The standard InChI is InChI=1S/C29H49N3O4S/c1-8-10-12-14-18-32(27(34)24(20-37)31-28(35)36-29(5,6)7)25(26(33)30-17-13-11-9-2)23-16-15-21(3)19-22(23)4/h15-16,19,24-25,37H,8-14,17-18,20H2,1-7H3,(H,30,33)(H,31,35). The molecule has 2 N–H and O–H groups in total. The van der Waals surface area contributed by atoms with E-state index >= 15 is 0 Å². The number of rotatable bonds is 15. The minimum atomic E-state index is -0.925. The van der Waals surface area contributed by atoms with Crippen LogP contribution in [0.3, 0.4) is 0 Å². The van der Waals surface area contributed by atoms with E-state index in [1.807, 2.05) is 32.0 Å². The highest BCUT2D eigenvalue weighted by molar-refractivity contribution is 7.80. The maximum atomic E-state index is 13.9. The highest BCUT2D eigenvalue weighted by Crippen LogP contribution is 2.27. The second kappa shape index (κ2) is 16.6. The number of benzene rings is 1. The lowest BCUT2D eigenvalue weighted by Gasteiger charge is -2.35. The Hall–Kier alpha value is -2.22. The summed E-state index contributed by atoms with van der Waals surface area (Å²) in [7, 11) is 0. The second-order valence-corrected chi connectivity index (χ2v) is 11.1. The fourth-order valence-electron chi connectivity index (χ4n) is 4.18. The van der Waals surface area contributed by atoms with E-state index < -0.39 is 23.8 Å². The van der Waals surface area contributed by atoms with Crippen LogP contribution < -0.4 is 10.6 Å². The van der Waals surface area contributed by atoms with Gasteiger partial charge in [-0.3, -0.25) is 9.59 Å². The number of carbonyl (C=O) groups excluding carboxylic acids is 3. The van der Waals surface area contributed by atoms with Crippen molar-refractivity contribution in [3.63, 3.8) is 0 Å². The lowest BCUT2D eigenvalue weighted by Crippen LogP contribution is -2.54. The van der Waals surface area contributed by atoms with Crippen LogP contribution in [0.4, 0.5) is 4.79 Å². The molecule has 0 aliphatic carbocycles. The third-order valence-corrected chi connectivity index (χ3v) is 6.43. The molecule has 2 atom stereocenters. The average Bonchev–Trinajstić information content (AvgIpc) is 2.81. The van der Waals surface area contributed by atoms with Crippen molar-refractivity contribution in [3.05, 3.63) is 34.9 Å². The zero-order valence-electron chi connectivity index (χ0n) is 24.0. The fourth-order valence-corrected chi connectivity index (χ4v) is 4.42. The molecule has 7 nitrogen and oxygen atoms in total. The molecule has 0 saturated carbocycles. The van der Waals surface area contributed by atoms with E-state index in [9.17, 15) is 14.4 Å². The van der Waals surface area contributed by atoms with Crippen LogP contribution in [0.25, 0.3) is 0 Å². The Bertz CT molecular complexity index is 869. The first-order chi connectivity index (χ1) is 17.4. The molecule has 37 heavy (non-hydrogen) atoms. The van der Waals surface area contributed by atoms with Gasteiger partial charge in [0, 0.05) is 18.8 Å². The van der Waals surface area contributed by atoms with Crippen molar-refractivity contribution in [2.24, 2.45) is 0 Å². The van der Waals surface area contributed by atoms with E-state index in [4.69, 9.17) is 4.74 Å². The van der Waals surface area contributed by atoms with Crippen LogP contribution in [0.5, 0.6) is 0 Å². The molecule has 1 aromatic rings. The van der Waals surface area contributed by atoms with Crippen LogP contribution in [-0.4, -0.2) is 53.3 Å². The van der Waals surface area contributed by atoms with Crippen LogP contribution >= 0.6 is 12.6 Å². The zero-order valence-corrected chi connectivity index (χ0v) is 24.9. The summed E-state index contributed by atoms with van der Waals surface area (Å²) in [5.41, 5.74) is 2.12. The number of nitrogens with zero attached hydrogens (tertiary/aromatic N) is 1. The van der Waals surface area contributed by atoms with Gasteiger partial charge in [-0.15, -0.1) is 0 Å². The van der Waals surface area contributed by atoms with E-state index in [1.54, 1.807) is 25.7 Å². The van der Waals surface area contributed by atoms with Crippen molar-refractivity contribution in [2.45, 2.75) is 111 Å². The van der Waals surface area contributed by atoms with E-state index in [0.29, 0.717) is 13.1 Å². The number of unbranched alkanes of at least 4 members (excludes halogenated alkanes) is 5. The third kappa shape index (κ3) is 11.8. The Morgan fingerprint density at radius 1 is 1.00 bits per heavy atom. The molecule has 0 fully saturated rings. The molecule has 0 radical (unpaired) electrons. The molecular weight excluding hydrogens is 486 g/mol. The third-order valence-electron chi connectivity index (χ3n) is 6.07. The quantitative estimate of drug-likeness (QED) is 0.193. The van der Waals surface area contributed by atoms with Crippen LogP contribution in [0.2, 0.25) is 0 Å². The second-order valence-electron chi connectivity index (χ2n) is 10.7. The number of hydrogen-bond acceptors (Lipinski definition) is 5. The highest BCUT2D eigenvalue weighted by Gasteiger charge is 2.36. The molecule has 0 aliphatic heterocycles. The Morgan fingerprint density at radius 2 is 1.65 bits per heavy atom. The van der Waals surface area contributed by atoms with Crippen molar-refractivity contribution < 1.29 is 19.1 Å². The first-order valence-electron chi connectivity index (χ1n) is 13.7. The number of amides is 3. The van der Waals surface area contributed by atoms with Gasteiger partial charge >= 0.3 is 6.09 Å². The summed E-state index contributed by atoms with van der Waals surface area (Å²) in [6.07, 6.45) is 6.09. The van der Waals surface area contributed by atoms with Gasteiger partial charge in [-0.2, -0.15) is 12.6 Å². The van der Waals surface area contributed by atoms with Gasteiger partial charge in [0.15, 0.2) is 0 Å². The Balaban J connectivity index is 3.39. The predicted octanol–water partition coefficient (Wildman–Crippen LogP) is 5.88. The minimum Gasteiger partial charge on any atom is -0.444 e. The first kappa shape index (κ1) is 32.8. The minimum absolute atomic E-state index is 0.0846. The van der Waals surface area contributed by atoms with Crippen molar-refractivity contribution in [1.29, 1.82) is 0 Å². The summed E-state index contributed by atoms with van der Waals surface area (Å²) in [5, 5.41) is 5.73. The topological polar surface area (TPSA) is 87.7 Å². The SMILES string of the molecule is CCCCCCN(C(=O)C(CS)NC(=O)OC(C)(C)C)C(C(=O)NCCCCC)c1ccc(C)cc1C. The molecule has 210 valence electrons. The number of ether oxygens (including phenoxy) is 1. The molecule has 0 spiro atoms. The number of carbonyl (C=O) groups is 3. The van der Waals surface area contributed by atoms with Crippen molar-refractivity contribution in [3.8, 4) is 0 Å². The van der Waals surface area contributed by atoms with Gasteiger partial charge in [-0.05, 0) is 58.6 Å². The Labute approximate surface area is 229 Å². The summed E-state index contributed by atoms with van der Waals surface area (Å²) in [6.45, 7) is 14.5. The number of thiol groups is 1. The lowest BCUT2D eigenvalue weighted by molar-refractivity contribution is -0.142. The van der Waals surface area contributed by atoms with Gasteiger partial charge in [0.25, 0.3) is 0 Å². The van der Waals surface area contributed by atoms with E-state index in [0.717, 1.165) is 61.6 Å². The van der Waals surface area contributed by atoms with Crippen LogP contribution in [-0.2, 0) is 14.3 Å². The first-order valence-corrected chi connectivity index (χ1v) is 14.3. The van der Waals surface area contributed by atoms with Crippen LogP contribution in [0.15, 0.2) is 18.2 Å². The fraction of sp³-hybridized carbons (Fsp3) is 0.690. The molecular formula is C29H49N3O4S. The highest BCUT2D eigenvalue weighted by atomic mass is 32.1. The average molecular weight is 536 g/mol. The van der Waals surface area contributed by atoms with Crippen molar-refractivity contribution in [2.75, 3.05) is 18.8 Å². The molecule has 1 aromatic carbocycles. The summed E-state index contributed by atoms with van der Waals surface area (Å²) in [6, 6.07) is 4.20. The molecule has 0 aliphatic rings. The van der Waals surface area contributed by atoms with Gasteiger partial charge in [0.2, 0.25) is 11.8 Å². The molecule has 0 saturated heterocycles. The number of hydrogen-bond donors (Lipinski definition) is 3. The van der Waals surface area contributed by atoms with Crippen LogP contribution in [0, 0.1) is 13.8 Å². The van der Waals surface area contributed by atoms with Crippen molar-refractivity contribution in [1.82, 2.24) is 15.5 Å². The van der Waals surface area contributed by atoms with Gasteiger partial charge < -0.3 is 20.3 Å². The molecule has 8 heteroatoms. The molecule has 0 heterocycles. The monoisotopic (exact) mass is 535 g/mol. The Morgan fingerprint density at radius 3 is 2.22 bits per heavy atom. The van der Waals surface area contributed by atoms with Gasteiger partial charge in [0.05, 0.1) is 0 Å². The molecule has 2 unspecified atom stereocenters. The summed E-state index contributed by atoms with van der Waals surface area (Å²) in [4.78, 5) is 41.7. The normalized spacial score (nSPS) is 13.0. The molecule has 3 amide bonds. The lowest BCUT2D eigenvalue weighted by atomic mass is 9.96. The molecule has 0 aromatic heterocycles. The molecule has 1 rings (SSSR count). The number of alkyl carbamates (subject to hydrolysis) is 1. The number of aryl methyl sites for hydroxylation is 2. The van der Waals surface area contributed by atoms with Gasteiger partial charge in [-0.25, -0.2) is 4.79 Å². The van der Waals surface area contributed by atoms with Gasteiger partial charge in [-0.1, -0.05) is 69.7 Å². The maximum absolute atomic E-state index is 13.9. The summed E-state index contributed by atoms with van der Waals surface area (Å²) in [5.74, 6) is -0.463. The molecule has 0 bridgehead atoms. The number of nitrogens with one attached hydrogen (secondary N) is 2. The van der Waals surface area contributed by atoms with Crippen LogP contribution in [0.1, 0.15) is 102 Å². The maximum Gasteiger partial charge on any atom is 0.408 e. The van der Waals surface area contributed by atoms with Gasteiger partial charge in [0.1, 0.15) is 17.7 Å². The van der Waals surface area contributed by atoms with Crippen molar-refractivity contribution >= 4 is 30.5 Å². The van der Waals surface area contributed by atoms with E-state index in [2.05, 4.69) is 37.1 Å². The van der Waals surface area contributed by atoms with E-state index in [-0.39, 0.29) is 17.6 Å². The smallest absolute Gasteiger partial charge is 0.408 e. The largest absolute Gasteiger partial charge is 0.444 e.